The van der Waals surface area contributed by atoms with Gasteiger partial charge < -0.3 is 10.6 Å². The van der Waals surface area contributed by atoms with Crippen LogP contribution >= 0.6 is 0 Å². The maximum Gasteiger partial charge on any atom is 0.325 e. The van der Waals surface area contributed by atoms with Crippen LogP contribution in [0.5, 0.6) is 0 Å². The summed E-state index contributed by atoms with van der Waals surface area (Å²) >= 11 is 0. The van der Waals surface area contributed by atoms with Gasteiger partial charge in [-0.25, -0.2) is 4.79 Å². The lowest BCUT2D eigenvalue weighted by Gasteiger charge is -2.43. The largest absolute Gasteiger partial charge is 0.325 e. The molecule has 2 rings (SSSR count). The molecule has 0 saturated carbocycles. The van der Waals surface area contributed by atoms with Gasteiger partial charge in [0, 0.05) is 38.3 Å². The molecule has 0 aromatic heterocycles. The summed E-state index contributed by atoms with van der Waals surface area (Å²) in [7, 11) is 0. The molecule has 0 aromatic carbocycles. The van der Waals surface area contributed by atoms with E-state index in [0.29, 0.717) is 6.54 Å². The fourth-order valence-corrected chi connectivity index (χ4v) is 2.68. The van der Waals surface area contributed by atoms with Gasteiger partial charge in [0.2, 0.25) is 0 Å². The van der Waals surface area contributed by atoms with Crippen LogP contribution in [0.1, 0.15) is 27.7 Å². The second-order valence-corrected chi connectivity index (χ2v) is 6.49. The number of hydrogen-bond acceptors (Lipinski definition) is 4. The smallest absolute Gasteiger partial charge is 0.324 e. The summed E-state index contributed by atoms with van der Waals surface area (Å²) in [6, 6.07) is -0.275. The predicted molar refractivity (Wildman–Crippen MR) is 72.8 cm³/mol. The highest BCUT2D eigenvalue weighted by atomic mass is 16.2. The first-order valence-electron chi connectivity index (χ1n) is 6.84. The summed E-state index contributed by atoms with van der Waals surface area (Å²) < 4.78 is 0. The maximum atomic E-state index is 12.1. The summed E-state index contributed by atoms with van der Waals surface area (Å²) in [4.78, 5) is 27.5. The number of urea groups is 1. The van der Waals surface area contributed by atoms with Crippen LogP contribution in [0, 0.1) is 0 Å². The van der Waals surface area contributed by atoms with Crippen molar-refractivity contribution in [3.8, 4) is 0 Å². The van der Waals surface area contributed by atoms with Gasteiger partial charge >= 0.3 is 6.03 Å². The van der Waals surface area contributed by atoms with E-state index in [1.807, 2.05) is 0 Å². The molecular weight excluding hydrogens is 244 g/mol. The molecule has 6 nitrogen and oxygen atoms in total. The second kappa shape index (κ2) is 4.76. The molecular formula is C13H24N4O2. The van der Waals surface area contributed by atoms with Crippen LogP contribution in [0.15, 0.2) is 0 Å². The first-order valence-corrected chi connectivity index (χ1v) is 6.84. The Labute approximate surface area is 114 Å². The molecule has 19 heavy (non-hydrogen) atoms. The normalized spacial score (nSPS) is 26.6. The highest BCUT2D eigenvalue weighted by Crippen LogP contribution is 2.19. The molecule has 0 unspecified atom stereocenters. The van der Waals surface area contributed by atoms with Crippen molar-refractivity contribution in [3.63, 3.8) is 0 Å². The van der Waals surface area contributed by atoms with Gasteiger partial charge in [-0.3, -0.25) is 14.6 Å². The number of nitrogens with one attached hydrogen (secondary N) is 2. The van der Waals surface area contributed by atoms with Crippen LogP contribution < -0.4 is 10.6 Å². The third-order valence-electron chi connectivity index (χ3n) is 4.01. The van der Waals surface area contributed by atoms with Crippen molar-refractivity contribution in [3.05, 3.63) is 0 Å². The molecule has 3 amide bonds. The average Bonchev–Trinajstić information content (AvgIpc) is 2.48. The van der Waals surface area contributed by atoms with Gasteiger partial charge in [0.25, 0.3) is 5.91 Å². The Morgan fingerprint density at radius 2 is 1.84 bits per heavy atom. The lowest BCUT2D eigenvalue weighted by molar-refractivity contribution is -0.130. The van der Waals surface area contributed by atoms with Crippen LogP contribution in [-0.2, 0) is 4.79 Å². The SMILES string of the molecule is CC1(C)NC(=O)N(CCN2CCNCC2(C)C)C1=O. The summed E-state index contributed by atoms with van der Waals surface area (Å²) in [5.41, 5.74) is -0.705. The Morgan fingerprint density at radius 3 is 2.37 bits per heavy atom. The van der Waals surface area contributed by atoms with Crippen molar-refractivity contribution in [2.45, 2.75) is 38.8 Å². The van der Waals surface area contributed by atoms with Crippen molar-refractivity contribution in [2.75, 3.05) is 32.7 Å². The van der Waals surface area contributed by atoms with E-state index in [9.17, 15) is 9.59 Å². The molecule has 2 aliphatic heterocycles. The van der Waals surface area contributed by atoms with Crippen LogP contribution in [0.25, 0.3) is 0 Å². The number of hydrogen-bond donors (Lipinski definition) is 2. The summed E-state index contributed by atoms with van der Waals surface area (Å²) in [5.74, 6) is -0.134. The molecule has 0 spiro atoms. The molecule has 0 aliphatic carbocycles. The van der Waals surface area contributed by atoms with Crippen LogP contribution in [0.4, 0.5) is 4.79 Å². The highest BCUT2D eigenvalue weighted by Gasteiger charge is 2.44. The molecule has 0 radical (unpaired) electrons. The topological polar surface area (TPSA) is 64.7 Å². The predicted octanol–water partition coefficient (Wildman–Crippen LogP) is 0.000600. The number of rotatable bonds is 3. The van der Waals surface area contributed by atoms with Gasteiger partial charge in [0.15, 0.2) is 0 Å². The zero-order valence-corrected chi connectivity index (χ0v) is 12.2. The van der Waals surface area contributed by atoms with E-state index in [4.69, 9.17) is 0 Å². The van der Waals surface area contributed by atoms with E-state index in [-0.39, 0.29) is 17.5 Å². The average molecular weight is 268 g/mol. The molecule has 2 N–H and O–H groups in total. The standard InChI is InChI=1S/C13H24N4O2/c1-12(2)9-14-5-6-16(12)7-8-17-10(18)13(3,4)15-11(17)19/h14H,5-9H2,1-4H3,(H,15,19). The quantitative estimate of drug-likeness (QED) is 0.707. The monoisotopic (exact) mass is 268 g/mol. The van der Waals surface area contributed by atoms with E-state index in [1.165, 1.54) is 4.90 Å². The summed E-state index contributed by atoms with van der Waals surface area (Å²) in [6.07, 6.45) is 0. The Bertz CT molecular complexity index is 392. The third-order valence-corrected chi connectivity index (χ3v) is 4.01. The van der Waals surface area contributed by atoms with Crippen molar-refractivity contribution < 1.29 is 9.59 Å². The summed E-state index contributed by atoms with van der Waals surface area (Å²) in [5, 5.41) is 6.07. The minimum atomic E-state index is -0.768. The minimum absolute atomic E-state index is 0.0625. The van der Waals surface area contributed by atoms with E-state index in [1.54, 1.807) is 13.8 Å². The molecule has 0 atom stereocenters. The molecule has 2 heterocycles. The Kier molecular flexibility index (Phi) is 3.57. The Morgan fingerprint density at radius 1 is 1.16 bits per heavy atom. The number of amides is 3. The molecule has 2 fully saturated rings. The molecule has 6 heteroatoms. The van der Waals surface area contributed by atoms with Crippen LogP contribution in [-0.4, -0.2) is 65.5 Å². The second-order valence-electron chi connectivity index (χ2n) is 6.49. The lowest BCUT2D eigenvalue weighted by atomic mass is 10.0. The maximum absolute atomic E-state index is 12.1. The zero-order chi connectivity index (χ0) is 14.3. The van der Waals surface area contributed by atoms with Crippen LogP contribution in [0.3, 0.4) is 0 Å². The van der Waals surface area contributed by atoms with Gasteiger partial charge in [0.05, 0.1) is 0 Å². The van der Waals surface area contributed by atoms with Crippen molar-refractivity contribution in [2.24, 2.45) is 0 Å². The minimum Gasteiger partial charge on any atom is -0.324 e. The molecule has 0 aromatic rings. The number of imide groups is 1. The van der Waals surface area contributed by atoms with Gasteiger partial charge in [0.1, 0.15) is 5.54 Å². The first-order chi connectivity index (χ1) is 8.74. The molecule has 2 aliphatic rings. The molecule has 0 bridgehead atoms. The Hall–Kier alpha value is -1.14. The third kappa shape index (κ3) is 2.74. The van der Waals surface area contributed by atoms with E-state index in [2.05, 4.69) is 29.4 Å². The molecule has 108 valence electrons. The van der Waals surface area contributed by atoms with Crippen molar-refractivity contribution in [1.82, 2.24) is 20.4 Å². The zero-order valence-electron chi connectivity index (χ0n) is 12.2. The first kappa shape index (κ1) is 14.3. The Balaban J connectivity index is 1.95. The number of carbonyl (C=O) groups is 2. The summed E-state index contributed by atoms with van der Waals surface area (Å²) in [6.45, 7) is 11.8. The van der Waals surface area contributed by atoms with Crippen molar-refractivity contribution >= 4 is 11.9 Å². The van der Waals surface area contributed by atoms with Gasteiger partial charge in [-0.2, -0.15) is 0 Å². The number of nitrogens with zero attached hydrogens (tertiary/aromatic N) is 2. The van der Waals surface area contributed by atoms with Gasteiger partial charge in [-0.1, -0.05) is 0 Å². The number of piperazine rings is 1. The van der Waals surface area contributed by atoms with Crippen LogP contribution in [0.2, 0.25) is 0 Å². The highest BCUT2D eigenvalue weighted by molar-refractivity contribution is 6.06. The fraction of sp³-hybridized carbons (Fsp3) is 0.846. The van der Waals surface area contributed by atoms with E-state index < -0.39 is 5.54 Å². The van der Waals surface area contributed by atoms with Gasteiger partial charge in [-0.05, 0) is 27.7 Å². The lowest BCUT2D eigenvalue weighted by Crippen LogP contribution is -2.59. The van der Waals surface area contributed by atoms with Gasteiger partial charge in [-0.15, -0.1) is 0 Å². The molecule has 2 saturated heterocycles. The fourth-order valence-electron chi connectivity index (χ4n) is 2.68. The van der Waals surface area contributed by atoms with Crippen molar-refractivity contribution in [1.29, 1.82) is 0 Å². The van der Waals surface area contributed by atoms with E-state index >= 15 is 0 Å². The number of carbonyl (C=O) groups excluding carboxylic acids is 2. The van der Waals surface area contributed by atoms with E-state index in [0.717, 1.165) is 26.2 Å².